The van der Waals surface area contributed by atoms with E-state index in [-0.39, 0.29) is 17.5 Å². The molecule has 2 aromatic carbocycles. The molecule has 0 aromatic heterocycles. The maximum absolute atomic E-state index is 13.6. The number of hydrogen-bond acceptors (Lipinski definition) is 6. The van der Waals surface area contributed by atoms with Gasteiger partial charge in [0.15, 0.2) is 0 Å². The average Bonchev–Trinajstić information content (AvgIpc) is 2.89. The van der Waals surface area contributed by atoms with Crippen LogP contribution in [0.5, 0.6) is 5.75 Å². The number of esters is 1. The molecule has 0 spiro atoms. The molecule has 36 heavy (non-hydrogen) atoms. The van der Waals surface area contributed by atoms with Gasteiger partial charge in [0.1, 0.15) is 5.75 Å². The van der Waals surface area contributed by atoms with Gasteiger partial charge in [0, 0.05) is 11.7 Å². The van der Waals surface area contributed by atoms with E-state index in [0.29, 0.717) is 30.2 Å². The summed E-state index contributed by atoms with van der Waals surface area (Å²) in [5, 5.41) is 2.76. The number of sulfonamides is 1. The first-order chi connectivity index (χ1) is 17.3. The number of anilines is 1. The van der Waals surface area contributed by atoms with Gasteiger partial charge in [-0.05, 0) is 74.7 Å². The summed E-state index contributed by atoms with van der Waals surface area (Å²) in [5.41, 5.74) is 0.873. The molecule has 0 unspecified atom stereocenters. The predicted molar refractivity (Wildman–Crippen MR) is 139 cm³/mol. The zero-order valence-electron chi connectivity index (χ0n) is 21.1. The molecule has 3 rings (SSSR count). The summed E-state index contributed by atoms with van der Waals surface area (Å²) in [6.07, 6.45) is 6.10. The second-order valence-electron chi connectivity index (χ2n) is 8.86. The van der Waals surface area contributed by atoms with Crippen LogP contribution in [0.25, 0.3) is 0 Å². The highest BCUT2D eigenvalue weighted by Gasteiger charge is 2.34. The van der Waals surface area contributed by atoms with Crippen molar-refractivity contribution in [2.75, 3.05) is 25.1 Å². The summed E-state index contributed by atoms with van der Waals surface area (Å²) < 4.78 is 39.1. The Hall–Kier alpha value is -2.91. The Bertz CT molecular complexity index is 1090. The van der Waals surface area contributed by atoms with Gasteiger partial charge in [-0.1, -0.05) is 32.6 Å². The fourth-order valence-electron chi connectivity index (χ4n) is 4.21. The van der Waals surface area contributed by atoms with Crippen LogP contribution >= 0.6 is 0 Å². The maximum Gasteiger partial charge on any atom is 0.338 e. The van der Waals surface area contributed by atoms with Gasteiger partial charge in [-0.3, -0.25) is 4.79 Å². The third-order valence-electron chi connectivity index (χ3n) is 6.16. The van der Waals surface area contributed by atoms with Crippen molar-refractivity contribution in [1.82, 2.24) is 4.31 Å². The van der Waals surface area contributed by atoms with Crippen LogP contribution in [0.15, 0.2) is 53.4 Å². The molecule has 196 valence electrons. The molecular formula is C27H36N2O6S. The van der Waals surface area contributed by atoms with Gasteiger partial charge < -0.3 is 14.8 Å². The number of unbranched alkanes of at least 4 members (excludes halogenated alkanes) is 1. The summed E-state index contributed by atoms with van der Waals surface area (Å²) in [7, 11) is -3.89. The third-order valence-corrected chi connectivity index (χ3v) is 8.07. The molecule has 0 heterocycles. The van der Waals surface area contributed by atoms with Crippen LogP contribution in [0, 0.1) is 0 Å². The minimum atomic E-state index is -3.89. The molecule has 0 saturated heterocycles. The number of carbonyl (C=O) groups is 2. The molecule has 9 heteroatoms. The topological polar surface area (TPSA) is 102 Å². The number of rotatable bonds is 12. The van der Waals surface area contributed by atoms with Crippen molar-refractivity contribution in [3.63, 3.8) is 0 Å². The minimum absolute atomic E-state index is 0.135. The fraction of sp³-hybridized carbons (Fsp3) is 0.481. The van der Waals surface area contributed by atoms with Crippen LogP contribution in [-0.4, -0.2) is 50.4 Å². The van der Waals surface area contributed by atoms with Crippen molar-refractivity contribution in [1.29, 1.82) is 0 Å². The summed E-state index contributed by atoms with van der Waals surface area (Å²) in [5.74, 6) is -0.254. The van der Waals surface area contributed by atoms with E-state index in [2.05, 4.69) is 5.32 Å². The van der Waals surface area contributed by atoms with Crippen molar-refractivity contribution in [2.45, 2.75) is 69.7 Å². The monoisotopic (exact) mass is 516 g/mol. The maximum atomic E-state index is 13.6. The standard InChI is InChI=1S/C27H36N2O6S/c1-3-5-19-35-27(31)21-11-13-22(14-12-21)28-26(30)20-29(23-9-7-6-8-10-23)36(32,33)25-17-15-24(16-18-25)34-4-2/h11-18,23H,3-10,19-20H2,1-2H3,(H,28,30). The zero-order chi connectivity index (χ0) is 26.0. The fourth-order valence-corrected chi connectivity index (χ4v) is 5.85. The lowest BCUT2D eigenvalue weighted by Gasteiger charge is -2.33. The van der Waals surface area contributed by atoms with Crippen molar-refractivity contribution < 1.29 is 27.5 Å². The molecule has 1 saturated carbocycles. The Morgan fingerprint density at radius 2 is 1.64 bits per heavy atom. The molecule has 1 N–H and O–H groups in total. The van der Waals surface area contributed by atoms with Gasteiger partial charge in [0.25, 0.3) is 0 Å². The van der Waals surface area contributed by atoms with E-state index in [1.54, 1.807) is 36.4 Å². The summed E-state index contributed by atoms with van der Waals surface area (Å²) >= 11 is 0. The van der Waals surface area contributed by atoms with Crippen LogP contribution in [-0.2, 0) is 19.6 Å². The molecule has 1 fully saturated rings. The molecule has 2 aromatic rings. The average molecular weight is 517 g/mol. The van der Waals surface area contributed by atoms with Gasteiger partial charge in [0.05, 0.1) is 30.2 Å². The number of amides is 1. The number of carbonyl (C=O) groups excluding carboxylic acids is 2. The van der Waals surface area contributed by atoms with Gasteiger partial charge in [0.2, 0.25) is 15.9 Å². The molecule has 8 nitrogen and oxygen atoms in total. The highest BCUT2D eigenvalue weighted by molar-refractivity contribution is 7.89. The molecule has 0 atom stereocenters. The normalized spacial score (nSPS) is 14.4. The van der Waals surface area contributed by atoms with E-state index in [4.69, 9.17) is 9.47 Å². The second kappa shape index (κ2) is 13.4. The van der Waals surface area contributed by atoms with Gasteiger partial charge in [-0.25, -0.2) is 13.2 Å². The highest BCUT2D eigenvalue weighted by atomic mass is 32.2. The van der Waals surface area contributed by atoms with E-state index in [9.17, 15) is 18.0 Å². The molecule has 1 amide bonds. The SMILES string of the molecule is CCCCOC(=O)c1ccc(NC(=O)CN(C2CCCCC2)S(=O)(=O)c2ccc(OCC)cc2)cc1. The molecule has 0 radical (unpaired) electrons. The second-order valence-corrected chi connectivity index (χ2v) is 10.8. The molecule has 1 aliphatic carbocycles. The van der Waals surface area contributed by atoms with Crippen molar-refractivity contribution >= 4 is 27.6 Å². The molecule has 0 aliphatic heterocycles. The molecule has 1 aliphatic rings. The van der Waals surface area contributed by atoms with Crippen LogP contribution < -0.4 is 10.1 Å². The quantitative estimate of drug-likeness (QED) is 0.314. The van der Waals surface area contributed by atoms with Crippen molar-refractivity contribution in [2.24, 2.45) is 0 Å². The van der Waals surface area contributed by atoms with Crippen LogP contribution in [0.2, 0.25) is 0 Å². The Balaban J connectivity index is 1.71. The van der Waals surface area contributed by atoms with Gasteiger partial charge in [-0.15, -0.1) is 0 Å². The number of ether oxygens (including phenoxy) is 2. The van der Waals surface area contributed by atoms with Crippen molar-refractivity contribution in [3.8, 4) is 5.75 Å². The Morgan fingerprint density at radius 3 is 2.25 bits per heavy atom. The third kappa shape index (κ3) is 7.54. The molecular weight excluding hydrogens is 480 g/mol. The first-order valence-electron chi connectivity index (χ1n) is 12.7. The van der Waals surface area contributed by atoms with Crippen LogP contribution in [0.3, 0.4) is 0 Å². The minimum Gasteiger partial charge on any atom is -0.494 e. The predicted octanol–water partition coefficient (Wildman–Crippen LogP) is 5.00. The molecule has 0 bridgehead atoms. The number of nitrogens with one attached hydrogen (secondary N) is 1. The number of benzene rings is 2. The summed E-state index contributed by atoms with van der Waals surface area (Å²) in [4.78, 5) is 25.2. The largest absolute Gasteiger partial charge is 0.494 e. The van der Waals surface area contributed by atoms with Crippen LogP contribution in [0.4, 0.5) is 5.69 Å². The summed E-state index contributed by atoms with van der Waals surface area (Å²) in [6.45, 7) is 4.45. The van der Waals surface area contributed by atoms with E-state index in [0.717, 1.165) is 44.9 Å². The van der Waals surface area contributed by atoms with Gasteiger partial charge in [-0.2, -0.15) is 4.31 Å². The van der Waals surface area contributed by atoms with E-state index in [1.807, 2.05) is 13.8 Å². The number of hydrogen-bond donors (Lipinski definition) is 1. The number of nitrogens with zero attached hydrogens (tertiary/aromatic N) is 1. The first-order valence-corrected chi connectivity index (χ1v) is 14.1. The zero-order valence-corrected chi connectivity index (χ0v) is 21.9. The lowest BCUT2D eigenvalue weighted by molar-refractivity contribution is -0.116. The van der Waals surface area contributed by atoms with Crippen LogP contribution in [0.1, 0.15) is 69.2 Å². The highest BCUT2D eigenvalue weighted by Crippen LogP contribution is 2.28. The smallest absolute Gasteiger partial charge is 0.338 e. The Labute approximate surface area is 214 Å². The van der Waals surface area contributed by atoms with E-state index < -0.39 is 21.9 Å². The van der Waals surface area contributed by atoms with Gasteiger partial charge >= 0.3 is 5.97 Å². The first kappa shape index (κ1) is 27.7. The summed E-state index contributed by atoms with van der Waals surface area (Å²) in [6, 6.07) is 12.5. The van der Waals surface area contributed by atoms with E-state index in [1.165, 1.54) is 16.4 Å². The lowest BCUT2D eigenvalue weighted by atomic mass is 9.95. The van der Waals surface area contributed by atoms with E-state index >= 15 is 0 Å². The Morgan fingerprint density at radius 1 is 0.972 bits per heavy atom. The Kier molecular flexibility index (Phi) is 10.3. The lowest BCUT2D eigenvalue weighted by Crippen LogP contribution is -2.45. The van der Waals surface area contributed by atoms with Crippen molar-refractivity contribution in [3.05, 3.63) is 54.1 Å².